The first-order chi connectivity index (χ1) is 7.33. The summed E-state index contributed by atoms with van der Waals surface area (Å²) in [5, 5.41) is 3.07. The largest absolute Gasteiger partial charge is 0.333 e. The number of halogens is 1. The smallest absolute Gasteiger partial charge is 0.325 e. The van der Waals surface area contributed by atoms with E-state index >= 15 is 0 Å². The Kier molecular flexibility index (Phi) is 3.91. The minimum absolute atomic E-state index is 0.0395. The number of alkyl halides is 1. The van der Waals surface area contributed by atoms with Crippen molar-refractivity contribution in [2.24, 2.45) is 0 Å². The molecule has 1 aromatic heterocycles. The molecule has 0 fully saturated rings. The molecule has 1 aromatic rings. The molecule has 88 valence electrons. The molecule has 1 rings (SSSR count). The van der Waals surface area contributed by atoms with Crippen molar-refractivity contribution in [1.29, 1.82) is 0 Å². The lowest BCUT2D eigenvalue weighted by atomic mass is 10.1. The first kappa shape index (κ1) is 13.0. The predicted molar refractivity (Wildman–Crippen MR) is 66.2 cm³/mol. The summed E-state index contributed by atoms with van der Waals surface area (Å²) in [6.45, 7) is 5.71. The van der Waals surface area contributed by atoms with Crippen LogP contribution in [0.15, 0.2) is 18.5 Å². The lowest BCUT2D eigenvalue weighted by Gasteiger charge is -2.20. The van der Waals surface area contributed by atoms with Crippen molar-refractivity contribution in [3.05, 3.63) is 24.0 Å². The SMILES string of the molecule is CC(C)(C)NC(=O)n1ccc(C(=O)CBr)c1. The fourth-order valence-electron chi connectivity index (χ4n) is 1.15. The molecule has 0 atom stereocenters. The van der Waals surface area contributed by atoms with E-state index in [0.717, 1.165) is 0 Å². The number of nitrogens with one attached hydrogen (secondary N) is 1. The van der Waals surface area contributed by atoms with E-state index in [-0.39, 0.29) is 22.7 Å². The molecule has 0 saturated heterocycles. The highest BCUT2D eigenvalue weighted by molar-refractivity contribution is 9.09. The Hall–Kier alpha value is -1.10. The van der Waals surface area contributed by atoms with Crippen LogP contribution < -0.4 is 5.32 Å². The molecule has 0 radical (unpaired) electrons. The minimum Gasteiger partial charge on any atom is -0.333 e. The second-order valence-corrected chi connectivity index (χ2v) is 5.11. The van der Waals surface area contributed by atoms with Crippen molar-refractivity contribution in [1.82, 2.24) is 9.88 Å². The van der Waals surface area contributed by atoms with E-state index in [1.165, 1.54) is 10.8 Å². The quantitative estimate of drug-likeness (QED) is 0.671. The van der Waals surface area contributed by atoms with Gasteiger partial charge in [0.25, 0.3) is 0 Å². The molecule has 0 spiro atoms. The average Bonchev–Trinajstić information content (AvgIpc) is 2.62. The van der Waals surface area contributed by atoms with Crippen LogP contribution in [0.4, 0.5) is 4.79 Å². The van der Waals surface area contributed by atoms with Crippen LogP contribution in [-0.2, 0) is 0 Å². The summed E-state index contributed by atoms with van der Waals surface area (Å²) in [5.74, 6) is -0.0395. The number of hydrogen-bond acceptors (Lipinski definition) is 2. The zero-order chi connectivity index (χ0) is 12.3. The van der Waals surface area contributed by atoms with E-state index in [4.69, 9.17) is 0 Å². The number of ketones is 1. The van der Waals surface area contributed by atoms with Crippen LogP contribution >= 0.6 is 15.9 Å². The van der Waals surface area contributed by atoms with Crippen molar-refractivity contribution in [2.45, 2.75) is 26.3 Å². The van der Waals surface area contributed by atoms with E-state index in [1.54, 1.807) is 12.3 Å². The first-order valence-electron chi connectivity index (χ1n) is 4.93. The van der Waals surface area contributed by atoms with Crippen molar-refractivity contribution in [3.63, 3.8) is 0 Å². The van der Waals surface area contributed by atoms with Gasteiger partial charge >= 0.3 is 6.03 Å². The highest BCUT2D eigenvalue weighted by Gasteiger charge is 2.15. The van der Waals surface area contributed by atoms with Crippen molar-refractivity contribution < 1.29 is 9.59 Å². The average molecular weight is 287 g/mol. The maximum atomic E-state index is 11.7. The molecule has 0 unspecified atom stereocenters. The number of aromatic nitrogens is 1. The van der Waals surface area contributed by atoms with Gasteiger partial charge in [-0.15, -0.1) is 0 Å². The number of carbonyl (C=O) groups excluding carboxylic acids is 2. The summed E-state index contributed by atoms with van der Waals surface area (Å²) in [5.41, 5.74) is 0.238. The molecule has 1 amide bonds. The molecule has 0 bridgehead atoms. The zero-order valence-electron chi connectivity index (χ0n) is 9.58. The van der Waals surface area contributed by atoms with Crippen LogP contribution in [0.2, 0.25) is 0 Å². The number of nitrogens with zero attached hydrogens (tertiary/aromatic N) is 1. The number of rotatable bonds is 2. The van der Waals surface area contributed by atoms with Crippen LogP contribution in [-0.4, -0.2) is 27.3 Å². The van der Waals surface area contributed by atoms with Crippen molar-refractivity contribution in [2.75, 3.05) is 5.33 Å². The zero-order valence-corrected chi connectivity index (χ0v) is 11.2. The van der Waals surface area contributed by atoms with Crippen molar-refractivity contribution >= 4 is 27.7 Å². The number of carbonyl (C=O) groups is 2. The summed E-state index contributed by atoms with van der Waals surface area (Å²) in [7, 11) is 0. The van der Waals surface area contributed by atoms with E-state index in [0.29, 0.717) is 5.56 Å². The molecular weight excluding hydrogens is 272 g/mol. The maximum absolute atomic E-state index is 11.7. The molecule has 5 heteroatoms. The highest BCUT2D eigenvalue weighted by atomic mass is 79.9. The lowest BCUT2D eigenvalue weighted by molar-refractivity contribution is 0.102. The van der Waals surface area contributed by atoms with Crippen LogP contribution in [0.5, 0.6) is 0 Å². The van der Waals surface area contributed by atoms with Crippen molar-refractivity contribution in [3.8, 4) is 0 Å². The van der Waals surface area contributed by atoms with E-state index in [9.17, 15) is 9.59 Å². The van der Waals surface area contributed by atoms with Gasteiger partial charge in [0.2, 0.25) is 0 Å². The molecule has 0 aliphatic rings. The van der Waals surface area contributed by atoms with Gasteiger partial charge in [0.05, 0.1) is 5.33 Å². The molecule has 0 aromatic carbocycles. The summed E-state index contributed by atoms with van der Waals surface area (Å²) >= 11 is 3.09. The summed E-state index contributed by atoms with van der Waals surface area (Å²) in [4.78, 5) is 23.1. The van der Waals surface area contributed by atoms with Gasteiger partial charge < -0.3 is 5.32 Å². The van der Waals surface area contributed by atoms with Crippen LogP contribution in [0, 0.1) is 0 Å². The Bertz CT molecular complexity index is 404. The van der Waals surface area contributed by atoms with E-state index < -0.39 is 0 Å². The Balaban J connectivity index is 2.78. The van der Waals surface area contributed by atoms with Gasteiger partial charge in [-0.05, 0) is 26.8 Å². The standard InChI is InChI=1S/C11H15BrN2O2/c1-11(2,3)13-10(16)14-5-4-8(7-14)9(15)6-12/h4-5,7H,6H2,1-3H3,(H,13,16). The summed E-state index contributed by atoms with van der Waals surface area (Å²) in [6.07, 6.45) is 3.11. The lowest BCUT2D eigenvalue weighted by Crippen LogP contribution is -2.42. The first-order valence-corrected chi connectivity index (χ1v) is 6.05. The Morgan fingerprint density at radius 1 is 1.44 bits per heavy atom. The van der Waals surface area contributed by atoms with E-state index in [2.05, 4.69) is 21.2 Å². The topological polar surface area (TPSA) is 51.1 Å². The third-order valence-corrected chi connectivity index (χ3v) is 2.36. The molecule has 0 saturated carbocycles. The number of amides is 1. The molecule has 0 aliphatic carbocycles. The third kappa shape index (κ3) is 3.48. The second kappa shape index (κ2) is 4.82. The molecule has 16 heavy (non-hydrogen) atoms. The highest BCUT2D eigenvalue weighted by Crippen LogP contribution is 2.06. The van der Waals surface area contributed by atoms with Crippen LogP contribution in [0.3, 0.4) is 0 Å². The monoisotopic (exact) mass is 286 g/mol. The Labute approximate surface area is 103 Å². The Morgan fingerprint density at radius 2 is 2.06 bits per heavy atom. The maximum Gasteiger partial charge on any atom is 0.325 e. The van der Waals surface area contributed by atoms with Gasteiger partial charge in [-0.1, -0.05) is 15.9 Å². The summed E-state index contributed by atoms with van der Waals surface area (Å²) in [6, 6.07) is 1.40. The fourth-order valence-corrected chi connectivity index (χ4v) is 1.47. The second-order valence-electron chi connectivity index (χ2n) is 4.54. The molecule has 1 heterocycles. The van der Waals surface area contributed by atoms with Gasteiger partial charge in [0.1, 0.15) is 0 Å². The van der Waals surface area contributed by atoms with Gasteiger partial charge in [-0.3, -0.25) is 9.36 Å². The van der Waals surface area contributed by atoms with Gasteiger partial charge in [0.15, 0.2) is 5.78 Å². The molecule has 4 nitrogen and oxygen atoms in total. The van der Waals surface area contributed by atoms with Crippen LogP contribution in [0.25, 0.3) is 0 Å². The Morgan fingerprint density at radius 3 is 2.56 bits per heavy atom. The third-order valence-electron chi connectivity index (χ3n) is 1.85. The van der Waals surface area contributed by atoms with Crippen LogP contribution in [0.1, 0.15) is 31.1 Å². The van der Waals surface area contributed by atoms with Gasteiger partial charge in [-0.25, -0.2) is 4.79 Å². The van der Waals surface area contributed by atoms with Gasteiger partial charge in [-0.2, -0.15) is 0 Å². The predicted octanol–water partition coefficient (Wildman–Crippen LogP) is 2.42. The number of Topliss-reactive ketones (excluding diaryl/α,β-unsaturated/α-hetero) is 1. The normalized spacial score (nSPS) is 11.2. The fraction of sp³-hybridized carbons (Fsp3) is 0.455. The van der Waals surface area contributed by atoms with E-state index in [1.807, 2.05) is 20.8 Å². The molecule has 1 N–H and O–H groups in total. The minimum atomic E-state index is -0.291. The molecular formula is C11H15BrN2O2. The number of hydrogen-bond donors (Lipinski definition) is 1. The van der Waals surface area contributed by atoms with Gasteiger partial charge in [0, 0.05) is 23.5 Å². The molecule has 0 aliphatic heterocycles. The summed E-state index contributed by atoms with van der Waals surface area (Å²) < 4.78 is 1.38.